The lowest BCUT2D eigenvalue weighted by atomic mass is 9.82. The molecule has 274 valence electrons. The fraction of sp³-hybridized carbons (Fsp3) is 0.300. The number of aliphatic hydroxyl groups excluding tert-OH is 1. The van der Waals surface area contributed by atoms with Crippen molar-refractivity contribution in [3.63, 3.8) is 0 Å². The van der Waals surface area contributed by atoms with E-state index in [0.29, 0.717) is 51.9 Å². The first-order valence-corrected chi connectivity index (χ1v) is 21.0. The predicted octanol–water partition coefficient (Wildman–Crippen LogP) is 7.30. The number of fused-ring (bicyclic) bond motifs is 2. The largest absolute Gasteiger partial charge is 0.399 e. The van der Waals surface area contributed by atoms with Crippen LogP contribution in [0.25, 0.3) is 0 Å². The fourth-order valence-corrected chi connectivity index (χ4v) is 10.8. The van der Waals surface area contributed by atoms with Gasteiger partial charge in [0, 0.05) is 51.7 Å². The SMILES string of the molecule is C[C@@H]1[C@@H]([Si](C)(C)F)[C@H](CCn2cc(C(CO)c3ccccc3)nn2)O[C@@]12C(=O)N(Cc1ccc(NC(=O)c3ccc(N)cc3)cc1)c1ccc(Cl)cc12. The number of amides is 2. The first kappa shape index (κ1) is 36.5. The number of ether oxygens (including phenoxy) is 1. The van der Waals surface area contributed by atoms with Gasteiger partial charge in [-0.1, -0.05) is 66.2 Å². The van der Waals surface area contributed by atoms with E-state index >= 15 is 4.11 Å². The molecule has 4 N–H and O–H groups in total. The van der Waals surface area contributed by atoms with Crippen LogP contribution in [-0.2, 0) is 28.2 Å². The zero-order valence-corrected chi connectivity index (χ0v) is 31.5. The van der Waals surface area contributed by atoms with Crippen molar-refractivity contribution in [2.24, 2.45) is 5.92 Å². The smallest absolute Gasteiger partial charge is 0.264 e. The number of aryl methyl sites for hydroxylation is 1. The number of carbonyl (C=O) groups excluding carboxylic acids is 2. The van der Waals surface area contributed by atoms with E-state index in [4.69, 9.17) is 22.1 Å². The van der Waals surface area contributed by atoms with Crippen LogP contribution in [0, 0.1) is 5.92 Å². The lowest BCUT2D eigenvalue weighted by Gasteiger charge is -2.31. The van der Waals surface area contributed by atoms with Gasteiger partial charge in [-0.15, -0.1) is 5.10 Å². The zero-order valence-electron chi connectivity index (χ0n) is 29.7. The summed E-state index contributed by atoms with van der Waals surface area (Å²) in [5.74, 6) is -1.33. The molecule has 10 nitrogen and oxygen atoms in total. The molecule has 2 aliphatic heterocycles. The molecule has 0 saturated carbocycles. The normalized spacial score (nSPS) is 21.6. The first-order chi connectivity index (χ1) is 25.4. The molecular formula is C40H42ClFN6O4Si. The number of aromatic nitrogens is 3. The summed E-state index contributed by atoms with van der Waals surface area (Å²) < 4.78 is 25.0. The molecular weight excluding hydrogens is 711 g/mol. The van der Waals surface area contributed by atoms with Gasteiger partial charge >= 0.3 is 0 Å². The van der Waals surface area contributed by atoms with Gasteiger partial charge in [0.05, 0.1) is 36.6 Å². The number of rotatable bonds is 11. The van der Waals surface area contributed by atoms with Gasteiger partial charge in [0.1, 0.15) is 0 Å². The lowest BCUT2D eigenvalue weighted by Crippen LogP contribution is -2.45. The maximum Gasteiger partial charge on any atom is 0.264 e. The topological polar surface area (TPSA) is 136 Å². The number of nitrogens with two attached hydrogens (primary N) is 1. The van der Waals surface area contributed by atoms with Gasteiger partial charge < -0.3 is 29.9 Å². The Balaban J connectivity index is 1.12. The third kappa shape index (κ3) is 6.99. The molecule has 13 heteroatoms. The van der Waals surface area contributed by atoms with Crippen molar-refractivity contribution in [1.29, 1.82) is 0 Å². The second-order valence-corrected chi connectivity index (χ2v) is 18.7. The maximum absolute atomic E-state index is 16.4. The van der Waals surface area contributed by atoms with Crippen molar-refractivity contribution in [1.82, 2.24) is 15.0 Å². The van der Waals surface area contributed by atoms with Crippen LogP contribution in [0.2, 0.25) is 23.7 Å². The van der Waals surface area contributed by atoms with Gasteiger partial charge in [0.25, 0.3) is 11.8 Å². The molecule has 5 aromatic rings. The van der Waals surface area contributed by atoms with Crippen molar-refractivity contribution in [2.45, 2.75) is 62.7 Å². The van der Waals surface area contributed by atoms with E-state index in [2.05, 4.69) is 15.6 Å². The van der Waals surface area contributed by atoms with Gasteiger partial charge in [0.2, 0.25) is 8.41 Å². The Morgan fingerprint density at radius 2 is 1.79 bits per heavy atom. The van der Waals surface area contributed by atoms with Crippen LogP contribution in [-0.4, -0.2) is 53.0 Å². The van der Waals surface area contributed by atoms with Crippen molar-refractivity contribution in [3.05, 3.63) is 136 Å². The lowest BCUT2D eigenvalue weighted by molar-refractivity contribution is -0.146. The number of nitrogens with one attached hydrogen (secondary N) is 1. The Morgan fingerprint density at radius 3 is 2.47 bits per heavy atom. The average molecular weight is 753 g/mol. The van der Waals surface area contributed by atoms with E-state index in [1.165, 1.54) is 0 Å². The molecule has 1 spiro atoms. The maximum atomic E-state index is 16.4. The Hall–Kier alpha value is -4.88. The van der Waals surface area contributed by atoms with E-state index < -0.39 is 31.6 Å². The van der Waals surface area contributed by atoms with Crippen LogP contribution in [0.15, 0.2) is 103 Å². The Bertz CT molecular complexity index is 2110. The zero-order chi connectivity index (χ0) is 37.5. The summed E-state index contributed by atoms with van der Waals surface area (Å²) >= 11 is 6.56. The summed E-state index contributed by atoms with van der Waals surface area (Å²) in [7, 11) is -3.40. The summed E-state index contributed by atoms with van der Waals surface area (Å²) in [5, 5.41) is 22.2. The molecule has 2 aliphatic rings. The Kier molecular flexibility index (Phi) is 9.98. The molecule has 7 rings (SSSR count). The number of hydrogen-bond donors (Lipinski definition) is 3. The van der Waals surface area contributed by atoms with E-state index in [1.807, 2.05) is 55.5 Å². The number of benzene rings is 4. The molecule has 2 amide bonds. The van der Waals surface area contributed by atoms with Crippen molar-refractivity contribution in [3.8, 4) is 0 Å². The molecule has 0 bridgehead atoms. The summed E-state index contributed by atoms with van der Waals surface area (Å²) in [6.45, 7) is 5.76. The summed E-state index contributed by atoms with van der Waals surface area (Å²) in [6.07, 6.45) is 1.63. The highest BCUT2D eigenvalue weighted by molar-refractivity contribution is 6.72. The van der Waals surface area contributed by atoms with Crippen molar-refractivity contribution in [2.75, 3.05) is 22.6 Å². The highest BCUT2D eigenvalue weighted by Crippen LogP contribution is 2.60. The van der Waals surface area contributed by atoms with Crippen LogP contribution in [0.4, 0.5) is 21.2 Å². The van der Waals surface area contributed by atoms with E-state index in [1.54, 1.807) is 77.4 Å². The third-order valence-electron chi connectivity index (χ3n) is 10.6. The van der Waals surface area contributed by atoms with Crippen LogP contribution in [0.1, 0.15) is 52.0 Å². The molecule has 1 aromatic heterocycles. The van der Waals surface area contributed by atoms with Gasteiger partial charge in [-0.25, -0.2) is 0 Å². The summed E-state index contributed by atoms with van der Waals surface area (Å²) in [4.78, 5) is 29.2. The molecule has 5 atom stereocenters. The van der Waals surface area contributed by atoms with Crippen molar-refractivity contribution >= 4 is 48.9 Å². The van der Waals surface area contributed by atoms with E-state index in [-0.39, 0.29) is 30.9 Å². The van der Waals surface area contributed by atoms with E-state index in [9.17, 15) is 14.7 Å². The first-order valence-electron chi connectivity index (χ1n) is 17.7. The van der Waals surface area contributed by atoms with Crippen LogP contribution < -0.4 is 16.0 Å². The van der Waals surface area contributed by atoms with Gasteiger partial charge in [0.15, 0.2) is 5.60 Å². The summed E-state index contributed by atoms with van der Waals surface area (Å²) in [5.41, 5.74) is 9.19. The minimum atomic E-state index is -3.40. The average Bonchev–Trinajstić information content (AvgIpc) is 3.79. The number of hydrogen-bond acceptors (Lipinski definition) is 7. The van der Waals surface area contributed by atoms with Crippen LogP contribution >= 0.6 is 11.6 Å². The number of nitrogens with zero attached hydrogens (tertiary/aromatic N) is 4. The monoisotopic (exact) mass is 752 g/mol. The van der Waals surface area contributed by atoms with Crippen molar-refractivity contribution < 1.29 is 23.5 Å². The number of halogens is 2. The Labute approximate surface area is 313 Å². The van der Waals surface area contributed by atoms with E-state index in [0.717, 1.165) is 11.1 Å². The number of anilines is 3. The minimum absolute atomic E-state index is 0.121. The molecule has 1 fully saturated rings. The second-order valence-electron chi connectivity index (χ2n) is 14.4. The van der Waals surface area contributed by atoms with Crippen LogP contribution in [0.3, 0.4) is 0 Å². The number of aliphatic hydroxyl groups is 1. The molecule has 53 heavy (non-hydrogen) atoms. The predicted molar refractivity (Wildman–Crippen MR) is 206 cm³/mol. The molecule has 1 saturated heterocycles. The fourth-order valence-electron chi connectivity index (χ4n) is 8.06. The number of nitrogen functional groups attached to an aromatic ring is 1. The van der Waals surface area contributed by atoms with Gasteiger partial charge in [-0.2, -0.15) is 0 Å². The molecule has 0 radical (unpaired) electrons. The van der Waals surface area contributed by atoms with Gasteiger partial charge in [-0.05, 0) is 85.2 Å². The Morgan fingerprint density at radius 1 is 1.08 bits per heavy atom. The number of carbonyl (C=O) groups is 2. The summed E-state index contributed by atoms with van der Waals surface area (Å²) in [6, 6.07) is 28.9. The standard InChI is InChI=1S/C40H42ClFN6O4Si/c1-25-37(53(2,3)42)36(19-20-47-23-34(45-46-47)32(24-49)27-7-5-4-6-8-27)52-40(25)33-21-29(41)13-18-35(33)48(39(40)51)22-26-9-16-31(17-10-26)44-38(50)28-11-14-30(43)15-12-28/h4-18,21,23,25,32,36-37,49H,19-20,22,24,43H2,1-3H3,(H,44,50)/t25-,32?,36+,37-,40+/m1/s1. The molecule has 1 unspecified atom stereocenters. The molecule has 4 aromatic carbocycles. The highest BCUT2D eigenvalue weighted by Gasteiger charge is 2.66. The quantitative estimate of drug-likeness (QED) is 0.0732. The minimum Gasteiger partial charge on any atom is -0.399 e. The highest BCUT2D eigenvalue weighted by atomic mass is 35.5. The van der Waals surface area contributed by atoms with Crippen LogP contribution in [0.5, 0.6) is 0 Å². The second kappa shape index (κ2) is 14.5. The molecule has 0 aliphatic carbocycles. The molecule has 3 heterocycles. The third-order valence-corrected chi connectivity index (χ3v) is 13.3. The van der Waals surface area contributed by atoms with Gasteiger partial charge in [-0.3, -0.25) is 14.3 Å².